The standard InChI is InChI=1S/C7H16N2O4S/c1-5(8)6(10)13-9-14(11,12)7(2,3)4/h5,9H,8H2,1-4H3/t5-/m0/s1. The summed E-state index contributed by atoms with van der Waals surface area (Å²) < 4.78 is 21.7. The molecule has 3 N–H and O–H groups in total. The molecule has 0 amide bonds. The molecular weight excluding hydrogens is 208 g/mol. The second kappa shape index (κ2) is 4.24. The van der Waals surface area contributed by atoms with Gasteiger partial charge >= 0.3 is 5.97 Å². The Kier molecular flexibility index (Phi) is 4.04. The molecule has 0 aliphatic heterocycles. The Morgan fingerprint density at radius 3 is 2.14 bits per heavy atom. The number of sulfonamides is 1. The predicted molar refractivity (Wildman–Crippen MR) is 51.5 cm³/mol. The molecule has 0 saturated heterocycles. The fourth-order valence-electron chi connectivity index (χ4n) is 0.314. The molecular formula is C7H16N2O4S. The predicted octanol–water partition coefficient (Wildman–Crippen LogP) is -0.490. The quantitative estimate of drug-likeness (QED) is 0.630. The number of rotatable bonds is 3. The van der Waals surface area contributed by atoms with Crippen LogP contribution in [0.15, 0.2) is 0 Å². The van der Waals surface area contributed by atoms with Gasteiger partial charge in [-0.05, 0) is 32.6 Å². The number of nitrogens with two attached hydrogens (primary N) is 1. The number of hydrogen-bond donors (Lipinski definition) is 2. The van der Waals surface area contributed by atoms with Crippen molar-refractivity contribution in [3.8, 4) is 0 Å². The van der Waals surface area contributed by atoms with Crippen LogP contribution in [0.3, 0.4) is 0 Å². The van der Waals surface area contributed by atoms with Crippen molar-refractivity contribution in [2.24, 2.45) is 5.73 Å². The largest absolute Gasteiger partial charge is 0.354 e. The lowest BCUT2D eigenvalue weighted by Crippen LogP contribution is -2.43. The van der Waals surface area contributed by atoms with Gasteiger partial charge in [-0.25, -0.2) is 13.2 Å². The Bertz CT molecular complexity index is 302. The van der Waals surface area contributed by atoms with E-state index in [-0.39, 0.29) is 0 Å². The van der Waals surface area contributed by atoms with Crippen LogP contribution in [0.2, 0.25) is 0 Å². The Balaban J connectivity index is 4.36. The fourth-order valence-corrected chi connectivity index (χ4v) is 0.756. The van der Waals surface area contributed by atoms with Crippen LogP contribution in [-0.4, -0.2) is 25.2 Å². The third kappa shape index (κ3) is 3.60. The van der Waals surface area contributed by atoms with Crippen LogP contribution in [0.4, 0.5) is 0 Å². The summed E-state index contributed by atoms with van der Waals surface area (Å²) in [6.45, 7) is 5.84. The average Bonchev–Trinajstić information content (AvgIpc) is 1.97. The van der Waals surface area contributed by atoms with Gasteiger partial charge in [-0.15, -0.1) is 0 Å². The second-order valence-corrected chi connectivity index (χ2v) is 6.31. The lowest BCUT2D eigenvalue weighted by Gasteiger charge is -2.19. The Morgan fingerprint density at radius 1 is 1.43 bits per heavy atom. The van der Waals surface area contributed by atoms with Crippen molar-refractivity contribution in [3.05, 3.63) is 0 Å². The van der Waals surface area contributed by atoms with Gasteiger partial charge in [-0.2, -0.15) is 0 Å². The zero-order chi connectivity index (χ0) is 11.6. The highest BCUT2D eigenvalue weighted by Crippen LogP contribution is 2.12. The van der Waals surface area contributed by atoms with Crippen LogP contribution in [-0.2, 0) is 19.7 Å². The molecule has 84 valence electrons. The first kappa shape index (κ1) is 13.3. The van der Waals surface area contributed by atoms with Crippen LogP contribution in [0.1, 0.15) is 27.7 Å². The maximum Gasteiger partial charge on any atom is 0.342 e. The van der Waals surface area contributed by atoms with E-state index in [1.165, 1.54) is 27.7 Å². The summed E-state index contributed by atoms with van der Waals surface area (Å²) in [6, 6.07) is -0.863. The van der Waals surface area contributed by atoms with Crippen molar-refractivity contribution in [2.45, 2.75) is 38.5 Å². The van der Waals surface area contributed by atoms with Gasteiger partial charge in [0, 0.05) is 0 Å². The number of carbonyl (C=O) groups is 1. The summed E-state index contributed by atoms with van der Waals surface area (Å²) in [7, 11) is -3.67. The van der Waals surface area contributed by atoms with Crippen molar-refractivity contribution in [1.82, 2.24) is 4.89 Å². The highest BCUT2D eigenvalue weighted by Gasteiger charge is 2.30. The number of carbonyl (C=O) groups excluding carboxylic acids is 1. The molecule has 14 heavy (non-hydrogen) atoms. The monoisotopic (exact) mass is 224 g/mol. The van der Waals surface area contributed by atoms with Crippen LogP contribution >= 0.6 is 0 Å². The minimum Gasteiger partial charge on any atom is -0.354 e. The van der Waals surface area contributed by atoms with E-state index in [1.54, 1.807) is 4.89 Å². The van der Waals surface area contributed by atoms with Crippen molar-refractivity contribution < 1.29 is 18.0 Å². The highest BCUT2D eigenvalue weighted by molar-refractivity contribution is 7.90. The van der Waals surface area contributed by atoms with Crippen molar-refractivity contribution in [2.75, 3.05) is 0 Å². The maximum atomic E-state index is 11.3. The SMILES string of the molecule is C[C@H](N)C(=O)ONS(=O)(=O)C(C)(C)C. The van der Waals surface area contributed by atoms with Gasteiger partial charge in [0.2, 0.25) is 10.0 Å². The molecule has 6 nitrogen and oxygen atoms in total. The van der Waals surface area contributed by atoms with Gasteiger partial charge < -0.3 is 10.6 Å². The molecule has 0 saturated carbocycles. The summed E-state index contributed by atoms with van der Waals surface area (Å²) in [5, 5.41) is 0. The fraction of sp³-hybridized carbons (Fsp3) is 0.857. The third-order valence-electron chi connectivity index (χ3n) is 1.43. The lowest BCUT2D eigenvalue weighted by molar-refractivity contribution is -0.148. The smallest absolute Gasteiger partial charge is 0.342 e. The van der Waals surface area contributed by atoms with Crippen molar-refractivity contribution in [3.63, 3.8) is 0 Å². The molecule has 0 spiro atoms. The molecule has 0 unspecified atom stereocenters. The first-order valence-corrected chi connectivity index (χ1v) is 5.54. The summed E-state index contributed by atoms with van der Waals surface area (Å²) in [6.07, 6.45) is 0. The van der Waals surface area contributed by atoms with Gasteiger partial charge in [0.15, 0.2) is 0 Å². The normalized spacial score (nSPS) is 14.9. The topological polar surface area (TPSA) is 98.5 Å². The summed E-state index contributed by atoms with van der Waals surface area (Å²) in [5.41, 5.74) is 5.16. The van der Waals surface area contributed by atoms with Gasteiger partial charge in [0.1, 0.15) is 6.04 Å². The van der Waals surface area contributed by atoms with E-state index in [4.69, 9.17) is 5.73 Å². The second-order valence-electron chi connectivity index (χ2n) is 3.91. The average molecular weight is 224 g/mol. The molecule has 0 radical (unpaired) electrons. The van der Waals surface area contributed by atoms with E-state index in [2.05, 4.69) is 4.84 Å². The summed E-state index contributed by atoms with van der Waals surface area (Å²) >= 11 is 0. The van der Waals surface area contributed by atoms with Crippen LogP contribution in [0.5, 0.6) is 0 Å². The molecule has 0 bridgehead atoms. The minimum absolute atomic E-state index is 0.821. The third-order valence-corrected chi connectivity index (χ3v) is 3.35. The molecule has 1 atom stereocenters. The van der Waals surface area contributed by atoms with E-state index in [0.29, 0.717) is 0 Å². The zero-order valence-corrected chi connectivity index (χ0v) is 9.51. The van der Waals surface area contributed by atoms with E-state index < -0.39 is 26.8 Å². The zero-order valence-electron chi connectivity index (χ0n) is 8.70. The van der Waals surface area contributed by atoms with Gasteiger partial charge in [-0.1, -0.05) is 0 Å². The van der Waals surface area contributed by atoms with Crippen LogP contribution in [0, 0.1) is 0 Å². The van der Waals surface area contributed by atoms with Crippen LogP contribution in [0.25, 0.3) is 0 Å². The van der Waals surface area contributed by atoms with Crippen LogP contribution < -0.4 is 10.6 Å². The Labute approximate surface area is 83.8 Å². The molecule has 0 aliphatic rings. The van der Waals surface area contributed by atoms with Crippen molar-refractivity contribution in [1.29, 1.82) is 0 Å². The maximum absolute atomic E-state index is 11.3. The molecule has 0 aromatic carbocycles. The summed E-state index contributed by atoms with van der Waals surface area (Å²) in [4.78, 5) is 16.9. The molecule has 0 fully saturated rings. The molecule has 0 aromatic rings. The van der Waals surface area contributed by atoms with Gasteiger partial charge in [0.25, 0.3) is 0 Å². The Hall–Kier alpha value is -0.660. The highest BCUT2D eigenvalue weighted by atomic mass is 32.2. The van der Waals surface area contributed by atoms with Crippen molar-refractivity contribution >= 4 is 16.0 Å². The first-order valence-electron chi connectivity index (χ1n) is 4.05. The molecule has 0 aromatic heterocycles. The number of nitrogens with one attached hydrogen (secondary N) is 1. The number of hydrogen-bond acceptors (Lipinski definition) is 5. The first-order chi connectivity index (χ1) is 6.08. The molecule has 7 heteroatoms. The van der Waals surface area contributed by atoms with Gasteiger partial charge in [0.05, 0.1) is 4.75 Å². The minimum atomic E-state index is -3.67. The van der Waals surface area contributed by atoms with E-state index in [0.717, 1.165) is 0 Å². The lowest BCUT2D eigenvalue weighted by atomic mass is 10.3. The molecule has 0 aliphatic carbocycles. The molecule has 0 rings (SSSR count). The summed E-state index contributed by atoms with van der Waals surface area (Å²) in [5.74, 6) is -0.821. The van der Waals surface area contributed by atoms with E-state index in [1.807, 2.05) is 0 Å². The van der Waals surface area contributed by atoms with Gasteiger partial charge in [-0.3, -0.25) is 0 Å². The van der Waals surface area contributed by atoms with E-state index >= 15 is 0 Å². The van der Waals surface area contributed by atoms with E-state index in [9.17, 15) is 13.2 Å². The Morgan fingerprint density at radius 2 is 1.86 bits per heavy atom. The molecule has 0 heterocycles.